The molecule has 4 rings (SSSR count). The average Bonchev–Trinajstić information content (AvgIpc) is 2.81. The van der Waals surface area contributed by atoms with Crippen LogP contribution in [0.2, 0.25) is 0 Å². The lowest BCUT2D eigenvalue weighted by atomic mass is 9.94. The molecule has 0 spiro atoms. The molecule has 33 heavy (non-hydrogen) atoms. The summed E-state index contributed by atoms with van der Waals surface area (Å²) in [6, 6.07) is 10.0. The summed E-state index contributed by atoms with van der Waals surface area (Å²) in [6.07, 6.45) is -6.50. The fourth-order valence-corrected chi connectivity index (χ4v) is 3.97. The van der Waals surface area contributed by atoms with Gasteiger partial charge in [-0.2, -0.15) is 0 Å². The Kier molecular flexibility index (Phi) is 6.66. The fourth-order valence-electron chi connectivity index (χ4n) is 3.97. The molecule has 2 aromatic carbocycles. The quantitative estimate of drug-likeness (QED) is 0.555. The third-order valence-corrected chi connectivity index (χ3v) is 5.76. The van der Waals surface area contributed by atoms with Crippen molar-refractivity contribution in [3.8, 4) is 17.2 Å². The lowest BCUT2D eigenvalue weighted by Gasteiger charge is -2.39. The van der Waals surface area contributed by atoms with E-state index in [4.69, 9.17) is 18.9 Å². The summed E-state index contributed by atoms with van der Waals surface area (Å²) in [5.74, 6) is 0.588. The number of hydrogen-bond acceptors (Lipinski definition) is 9. The topological polar surface area (TPSA) is 132 Å². The van der Waals surface area contributed by atoms with E-state index in [1.54, 1.807) is 12.1 Å². The Bertz CT molecular complexity index is 1020. The summed E-state index contributed by atoms with van der Waals surface area (Å²) in [7, 11) is 0. The van der Waals surface area contributed by atoms with Gasteiger partial charge in [0.15, 0.2) is 5.78 Å². The molecule has 9 nitrogen and oxygen atoms in total. The molecule has 0 aliphatic carbocycles. The Morgan fingerprint density at radius 1 is 1.09 bits per heavy atom. The Morgan fingerprint density at radius 2 is 1.82 bits per heavy atom. The summed E-state index contributed by atoms with van der Waals surface area (Å²) >= 11 is 0. The Morgan fingerprint density at radius 3 is 2.48 bits per heavy atom. The van der Waals surface area contributed by atoms with E-state index in [2.05, 4.69) is 0 Å². The van der Waals surface area contributed by atoms with Gasteiger partial charge >= 0.3 is 0 Å². The smallest absolute Gasteiger partial charge is 0.229 e. The molecular formula is C24H26O9. The number of ether oxygens (including phenoxy) is 4. The zero-order valence-corrected chi connectivity index (χ0v) is 18.2. The van der Waals surface area contributed by atoms with E-state index in [0.717, 1.165) is 5.56 Å². The number of aliphatic hydroxyl groups excluding tert-OH is 3. The van der Waals surface area contributed by atoms with Gasteiger partial charge in [-0.15, -0.1) is 0 Å². The van der Waals surface area contributed by atoms with Gasteiger partial charge in [0.25, 0.3) is 0 Å². The van der Waals surface area contributed by atoms with Crippen LogP contribution in [-0.4, -0.2) is 64.7 Å². The molecule has 6 atom stereocenters. The molecule has 1 saturated heterocycles. The first-order valence-corrected chi connectivity index (χ1v) is 10.7. The number of fused-ring (bicyclic) bond motifs is 1. The minimum absolute atomic E-state index is 0.00964. The second-order valence-electron chi connectivity index (χ2n) is 8.05. The number of aldehydes is 1. The molecule has 176 valence electrons. The largest absolute Gasteiger partial charge is 0.494 e. The maximum atomic E-state index is 13.1. The van der Waals surface area contributed by atoms with Crippen LogP contribution in [0.3, 0.4) is 0 Å². The highest BCUT2D eigenvalue weighted by Gasteiger charge is 2.44. The van der Waals surface area contributed by atoms with Gasteiger partial charge in [-0.1, -0.05) is 12.1 Å². The predicted molar refractivity (Wildman–Crippen MR) is 115 cm³/mol. The molecule has 0 amide bonds. The minimum Gasteiger partial charge on any atom is -0.494 e. The predicted octanol–water partition coefficient (Wildman–Crippen LogP) is 1.81. The maximum absolute atomic E-state index is 13.1. The zero-order chi connectivity index (χ0) is 23.7. The first-order chi connectivity index (χ1) is 15.8. The van der Waals surface area contributed by atoms with E-state index in [0.29, 0.717) is 18.6 Å². The van der Waals surface area contributed by atoms with Gasteiger partial charge < -0.3 is 34.3 Å². The van der Waals surface area contributed by atoms with Crippen molar-refractivity contribution < 1.29 is 43.9 Å². The van der Waals surface area contributed by atoms with Crippen LogP contribution in [0.15, 0.2) is 36.4 Å². The highest BCUT2D eigenvalue weighted by molar-refractivity contribution is 6.03. The lowest BCUT2D eigenvalue weighted by Crippen LogP contribution is -2.58. The van der Waals surface area contributed by atoms with Gasteiger partial charge in [-0.25, -0.2) is 0 Å². The number of ketones is 1. The van der Waals surface area contributed by atoms with Crippen LogP contribution in [0.25, 0.3) is 0 Å². The monoisotopic (exact) mass is 458 g/mol. The number of hydrogen-bond donors (Lipinski definition) is 3. The Labute approximate surface area is 190 Å². The van der Waals surface area contributed by atoms with E-state index < -0.39 is 36.8 Å². The van der Waals surface area contributed by atoms with E-state index in [-0.39, 0.29) is 34.8 Å². The van der Waals surface area contributed by atoms with Crippen molar-refractivity contribution in [3.05, 3.63) is 53.1 Å². The molecule has 0 aromatic heterocycles. The average molecular weight is 458 g/mol. The summed E-state index contributed by atoms with van der Waals surface area (Å²) in [6.45, 7) is 3.94. The summed E-state index contributed by atoms with van der Waals surface area (Å²) < 4.78 is 22.7. The number of aliphatic hydroxyl groups is 3. The van der Waals surface area contributed by atoms with Gasteiger partial charge in [0, 0.05) is 5.56 Å². The van der Waals surface area contributed by atoms with Gasteiger partial charge in [0.05, 0.1) is 19.1 Å². The van der Waals surface area contributed by atoms with E-state index >= 15 is 0 Å². The van der Waals surface area contributed by atoms with Crippen LogP contribution >= 0.6 is 0 Å². The molecule has 1 fully saturated rings. The van der Waals surface area contributed by atoms with Gasteiger partial charge in [0.1, 0.15) is 53.5 Å². The van der Waals surface area contributed by atoms with Crippen LogP contribution in [0.1, 0.15) is 52.7 Å². The molecule has 3 N–H and O–H groups in total. The van der Waals surface area contributed by atoms with Crippen molar-refractivity contribution in [1.82, 2.24) is 0 Å². The molecule has 6 unspecified atom stereocenters. The molecule has 2 aromatic rings. The van der Waals surface area contributed by atoms with Gasteiger partial charge in [-0.3, -0.25) is 9.59 Å². The van der Waals surface area contributed by atoms with Crippen molar-refractivity contribution in [2.45, 2.75) is 57.1 Å². The minimum atomic E-state index is -1.57. The molecule has 2 aliphatic rings. The molecule has 9 heteroatoms. The number of Topliss-reactive ketones (excluding diaryl/α,β-unsaturated/α-hetero) is 1. The number of carbonyl (C=O) groups excluding carboxylic acids is 2. The Balaban J connectivity index is 1.63. The van der Waals surface area contributed by atoms with Crippen molar-refractivity contribution >= 4 is 12.1 Å². The highest BCUT2D eigenvalue weighted by atomic mass is 16.7. The van der Waals surface area contributed by atoms with Gasteiger partial charge in [-0.05, 0) is 43.7 Å². The number of rotatable bonds is 6. The van der Waals surface area contributed by atoms with Crippen LogP contribution in [0.5, 0.6) is 17.2 Å². The van der Waals surface area contributed by atoms with Gasteiger partial charge in [0.2, 0.25) is 6.29 Å². The molecule has 0 bridgehead atoms. The standard InChI is InChI=1S/C24H26O9/c1-3-30-15-6-4-14(5-7-15)17-10-16(26)20-18(32-17)8-13(11-25)9-19(20)33-24-23(29)22(28)21(27)12(2)31-24/h4-9,11-12,17,21-24,27-29H,3,10H2,1-2H3. The summed E-state index contributed by atoms with van der Waals surface area (Å²) in [5, 5.41) is 30.2. The SMILES string of the molecule is CCOc1ccc(C2CC(=O)c3c(cc(C=O)cc3OC3OC(C)C(O)C(O)C3O)O2)cc1. The summed E-state index contributed by atoms with van der Waals surface area (Å²) in [4.78, 5) is 24.6. The highest BCUT2D eigenvalue weighted by Crippen LogP contribution is 2.41. The second kappa shape index (κ2) is 9.48. The van der Waals surface area contributed by atoms with Crippen molar-refractivity contribution in [3.63, 3.8) is 0 Å². The van der Waals surface area contributed by atoms with Crippen LogP contribution in [-0.2, 0) is 4.74 Å². The van der Waals surface area contributed by atoms with Crippen LogP contribution in [0, 0.1) is 0 Å². The summed E-state index contributed by atoms with van der Waals surface area (Å²) in [5.41, 5.74) is 1.09. The zero-order valence-electron chi connectivity index (χ0n) is 18.2. The van der Waals surface area contributed by atoms with Crippen molar-refractivity contribution in [1.29, 1.82) is 0 Å². The molecule has 2 aliphatic heterocycles. The van der Waals surface area contributed by atoms with Crippen LogP contribution in [0.4, 0.5) is 0 Å². The van der Waals surface area contributed by atoms with Crippen molar-refractivity contribution in [2.24, 2.45) is 0 Å². The number of carbonyl (C=O) groups is 2. The maximum Gasteiger partial charge on any atom is 0.229 e. The van der Waals surface area contributed by atoms with Crippen molar-refractivity contribution in [2.75, 3.05) is 6.61 Å². The van der Waals surface area contributed by atoms with E-state index in [1.807, 2.05) is 19.1 Å². The normalized spacial score (nSPS) is 29.1. The lowest BCUT2D eigenvalue weighted by molar-refractivity contribution is -0.268. The van der Waals surface area contributed by atoms with E-state index in [1.165, 1.54) is 19.1 Å². The number of benzene rings is 2. The first-order valence-electron chi connectivity index (χ1n) is 10.7. The van der Waals surface area contributed by atoms with Crippen LogP contribution < -0.4 is 14.2 Å². The fraction of sp³-hybridized carbons (Fsp3) is 0.417. The molecule has 0 saturated carbocycles. The third kappa shape index (κ3) is 4.58. The first kappa shape index (κ1) is 23.2. The Hall–Kier alpha value is -2.98. The molecule has 2 heterocycles. The second-order valence-corrected chi connectivity index (χ2v) is 8.05. The van der Waals surface area contributed by atoms with E-state index in [9.17, 15) is 24.9 Å². The third-order valence-electron chi connectivity index (χ3n) is 5.76. The molecular weight excluding hydrogens is 432 g/mol. The molecule has 0 radical (unpaired) electrons.